The highest BCUT2D eigenvalue weighted by Gasteiger charge is 2.52. The summed E-state index contributed by atoms with van der Waals surface area (Å²) in [6.45, 7) is 0.0359. The van der Waals surface area contributed by atoms with Gasteiger partial charge < -0.3 is 5.11 Å². The van der Waals surface area contributed by atoms with E-state index in [-0.39, 0.29) is 6.61 Å². The number of halogens is 1. The first-order valence-corrected chi connectivity index (χ1v) is 5.88. The molecule has 0 aromatic rings. The molecule has 0 aliphatic heterocycles. The predicted octanol–water partition coefficient (Wildman–Crippen LogP) is 0.860. The predicted molar refractivity (Wildman–Crippen MR) is 43.1 cm³/mol. The summed E-state index contributed by atoms with van der Waals surface area (Å²) >= 11 is 0. The van der Waals surface area contributed by atoms with Gasteiger partial charge in [0, 0.05) is 17.3 Å². The summed E-state index contributed by atoms with van der Waals surface area (Å²) in [6, 6.07) is 0. The normalized spacial score (nSPS) is 21.6. The van der Waals surface area contributed by atoms with Crippen molar-refractivity contribution >= 4 is 19.7 Å². The van der Waals surface area contributed by atoms with E-state index in [1.54, 1.807) is 0 Å². The summed E-state index contributed by atoms with van der Waals surface area (Å²) in [6.07, 6.45) is 2.32. The van der Waals surface area contributed by atoms with Crippen LogP contribution in [0.1, 0.15) is 25.7 Å². The van der Waals surface area contributed by atoms with Crippen LogP contribution in [0.4, 0.5) is 0 Å². The molecule has 0 unspecified atom stereocenters. The summed E-state index contributed by atoms with van der Waals surface area (Å²) in [5.41, 5.74) is 0. The molecule has 3 nitrogen and oxygen atoms in total. The molecule has 1 fully saturated rings. The van der Waals surface area contributed by atoms with Crippen LogP contribution < -0.4 is 0 Å². The van der Waals surface area contributed by atoms with Crippen molar-refractivity contribution in [3.05, 3.63) is 0 Å². The number of aliphatic hydroxyl groups excluding tert-OH is 1. The molecule has 1 N–H and O–H groups in total. The molecule has 1 aliphatic rings. The fraction of sp³-hybridized carbons (Fsp3) is 1.00. The van der Waals surface area contributed by atoms with Crippen molar-refractivity contribution in [1.29, 1.82) is 0 Å². The zero-order valence-electron chi connectivity index (χ0n) is 6.09. The molecule has 0 atom stereocenters. The van der Waals surface area contributed by atoms with E-state index in [0.717, 1.165) is 0 Å². The highest BCUT2D eigenvalue weighted by atomic mass is 35.7. The van der Waals surface area contributed by atoms with Crippen LogP contribution in [-0.4, -0.2) is 24.9 Å². The highest BCUT2D eigenvalue weighted by Crippen LogP contribution is 2.48. The maximum absolute atomic E-state index is 10.9. The van der Waals surface area contributed by atoms with E-state index in [1.807, 2.05) is 0 Å². The second-order valence-corrected chi connectivity index (χ2v) is 5.91. The number of hydrogen-bond acceptors (Lipinski definition) is 3. The Morgan fingerprint density at radius 1 is 1.45 bits per heavy atom. The molecule has 0 spiro atoms. The molecule has 11 heavy (non-hydrogen) atoms. The van der Waals surface area contributed by atoms with Gasteiger partial charge in [0.15, 0.2) is 0 Å². The quantitative estimate of drug-likeness (QED) is 0.682. The second-order valence-electron chi connectivity index (χ2n) is 2.95. The molecular weight excluding hydrogens is 188 g/mol. The third-order valence-corrected chi connectivity index (χ3v) is 4.74. The average Bonchev–Trinajstić information content (AvgIpc) is 2.61. The van der Waals surface area contributed by atoms with Crippen molar-refractivity contribution in [2.24, 2.45) is 0 Å². The van der Waals surface area contributed by atoms with Crippen molar-refractivity contribution in [1.82, 2.24) is 0 Å². The third-order valence-electron chi connectivity index (χ3n) is 2.12. The van der Waals surface area contributed by atoms with Gasteiger partial charge >= 0.3 is 0 Å². The fourth-order valence-electron chi connectivity index (χ4n) is 1.16. The maximum Gasteiger partial charge on any atom is 0.238 e. The van der Waals surface area contributed by atoms with E-state index in [1.165, 1.54) is 0 Å². The molecular formula is C6H11ClO3S. The van der Waals surface area contributed by atoms with Crippen LogP contribution in [-0.2, 0) is 9.05 Å². The number of aliphatic hydroxyl groups is 1. The lowest BCUT2D eigenvalue weighted by Crippen LogP contribution is -2.17. The van der Waals surface area contributed by atoms with Gasteiger partial charge in [-0.25, -0.2) is 8.42 Å². The topological polar surface area (TPSA) is 54.4 Å². The van der Waals surface area contributed by atoms with Gasteiger partial charge in [-0.15, -0.1) is 0 Å². The van der Waals surface area contributed by atoms with Crippen LogP contribution in [0.2, 0.25) is 0 Å². The first-order valence-electron chi connectivity index (χ1n) is 3.57. The van der Waals surface area contributed by atoms with Crippen LogP contribution in [0, 0.1) is 0 Å². The van der Waals surface area contributed by atoms with E-state index in [4.69, 9.17) is 15.8 Å². The Kier molecular flexibility index (Phi) is 2.46. The highest BCUT2D eigenvalue weighted by molar-refractivity contribution is 8.15. The fourth-order valence-corrected chi connectivity index (χ4v) is 2.83. The molecule has 1 rings (SSSR count). The molecule has 0 amide bonds. The molecule has 0 heterocycles. The number of hydrogen-bond donors (Lipinski definition) is 1. The first kappa shape index (κ1) is 9.29. The summed E-state index contributed by atoms with van der Waals surface area (Å²) in [4.78, 5) is 0. The summed E-state index contributed by atoms with van der Waals surface area (Å²) in [5.74, 6) is 0. The SMILES string of the molecule is O=S(=O)(Cl)C1(CCCO)CC1. The third kappa shape index (κ3) is 1.86. The van der Waals surface area contributed by atoms with Crippen LogP contribution in [0.3, 0.4) is 0 Å². The van der Waals surface area contributed by atoms with E-state index < -0.39 is 13.8 Å². The largest absolute Gasteiger partial charge is 0.396 e. The maximum atomic E-state index is 10.9. The van der Waals surface area contributed by atoms with E-state index in [0.29, 0.717) is 25.7 Å². The molecule has 66 valence electrons. The van der Waals surface area contributed by atoms with Gasteiger partial charge in [-0.1, -0.05) is 0 Å². The first-order chi connectivity index (χ1) is 5.02. The van der Waals surface area contributed by atoms with Crippen molar-refractivity contribution in [3.63, 3.8) is 0 Å². The number of rotatable bonds is 4. The second kappa shape index (κ2) is 2.92. The Hall–Kier alpha value is 0.200. The lowest BCUT2D eigenvalue weighted by atomic mass is 10.2. The Balaban J connectivity index is 2.55. The summed E-state index contributed by atoms with van der Waals surface area (Å²) < 4.78 is 21.1. The molecule has 1 saturated carbocycles. The van der Waals surface area contributed by atoms with Gasteiger partial charge in [0.05, 0.1) is 4.75 Å². The van der Waals surface area contributed by atoms with E-state index in [9.17, 15) is 8.42 Å². The minimum absolute atomic E-state index is 0.0359. The Labute approximate surface area is 70.8 Å². The van der Waals surface area contributed by atoms with Crippen LogP contribution in [0.25, 0.3) is 0 Å². The van der Waals surface area contributed by atoms with Gasteiger partial charge in [0.2, 0.25) is 9.05 Å². The average molecular weight is 199 g/mol. The minimum atomic E-state index is -3.40. The van der Waals surface area contributed by atoms with Crippen LogP contribution >= 0.6 is 10.7 Å². The smallest absolute Gasteiger partial charge is 0.238 e. The molecule has 5 heteroatoms. The van der Waals surface area contributed by atoms with Crippen LogP contribution in [0.5, 0.6) is 0 Å². The zero-order valence-corrected chi connectivity index (χ0v) is 7.66. The van der Waals surface area contributed by atoms with E-state index >= 15 is 0 Å². The van der Waals surface area contributed by atoms with E-state index in [2.05, 4.69) is 0 Å². The Morgan fingerprint density at radius 3 is 2.27 bits per heavy atom. The van der Waals surface area contributed by atoms with Gasteiger partial charge in [-0.05, 0) is 25.7 Å². The van der Waals surface area contributed by atoms with Crippen LogP contribution in [0.15, 0.2) is 0 Å². The summed E-state index contributed by atoms with van der Waals surface area (Å²) in [7, 11) is 1.81. The van der Waals surface area contributed by atoms with Gasteiger partial charge in [0.25, 0.3) is 0 Å². The van der Waals surface area contributed by atoms with Crippen molar-refractivity contribution in [2.45, 2.75) is 30.4 Å². The van der Waals surface area contributed by atoms with Crippen molar-refractivity contribution in [2.75, 3.05) is 6.61 Å². The lowest BCUT2D eigenvalue weighted by molar-refractivity contribution is 0.282. The van der Waals surface area contributed by atoms with Gasteiger partial charge in [0.1, 0.15) is 0 Å². The van der Waals surface area contributed by atoms with Gasteiger partial charge in [-0.3, -0.25) is 0 Å². The Morgan fingerprint density at radius 2 is 2.00 bits per heavy atom. The van der Waals surface area contributed by atoms with Gasteiger partial charge in [-0.2, -0.15) is 0 Å². The lowest BCUT2D eigenvalue weighted by Gasteiger charge is -2.08. The molecule has 0 radical (unpaired) electrons. The molecule has 0 saturated heterocycles. The minimum Gasteiger partial charge on any atom is -0.396 e. The monoisotopic (exact) mass is 198 g/mol. The van der Waals surface area contributed by atoms with Crippen molar-refractivity contribution in [3.8, 4) is 0 Å². The molecule has 0 aromatic carbocycles. The van der Waals surface area contributed by atoms with Crippen molar-refractivity contribution < 1.29 is 13.5 Å². The standard InChI is InChI=1S/C6H11ClO3S/c7-11(9,10)6(3-4-6)2-1-5-8/h8H,1-5H2. The Bertz CT molecular complexity index is 230. The molecule has 0 bridgehead atoms. The zero-order chi connectivity index (χ0) is 8.54. The molecule has 1 aliphatic carbocycles. The molecule has 0 aromatic heterocycles. The summed E-state index contributed by atoms with van der Waals surface area (Å²) in [5, 5.41) is 8.49.